The average molecular weight is 371 g/mol. The number of aryl methyl sites for hydroxylation is 1. The highest BCUT2D eigenvalue weighted by Crippen LogP contribution is 2.39. The van der Waals surface area contributed by atoms with Crippen LogP contribution in [-0.4, -0.2) is 9.97 Å². The van der Waals surface area contributed by atoms with Gasteiger partial charge in [-0.1, -0.05) is 42.8 Å². The lowest BCUT2D eigenvalue weighted by Crippen LogP contribution is -2.21. The summed E-state index contributed by atoms with van der Waals surface area (Å²) in [4.78, 5) is 9.12. The third-order valence-corrected chi connectivity index (χ3v) is 5.12. The molecule has 92 valence electrons. The van der Waals surface area contributed by atoms with Crippen LogP contribution < -0.4 is 0 Å². The fourth-order valence-corrected chi connectivity index (χ4v) is 3.18. The fourth-order valence-electron chi connectivity index (χ4n) is 2.36. The van der Waals surface area contributed by atoms with E-state index in [9.17, 15) is 0 Å². The van der Waals surface area contributed by atoms with Gasteiger partial charge in [-0.05, 0) is 46.6 Å². The van der Waals surface area contributed by atoms with Crippen LogP contribution in [0.15, 0.2) is 24.3 Å². The van der Waals surface area contributed by atoms with Gasteiger partial charge in [0.15, 0.2) is 0 Å². The van der Waals surface area contributed by atoms with E-state index in [-0.39, 0.29) is 0 Å². The maximum Gasteiger partial charge on any atom is 0.146 e. The van der Waals surface area contributed by atoms with E-state index in [4.69, 9.17) is 11.6 Å². The maximum absolute atomic E-state index is 6.19. The van der Waals surface area contributed by atoms with Crippen LogP contribution in [0, 0.1) is 3.57 Å². The molecule has 0 saturated heterocycles. The number of aromatic nitrogens is 2. The Hall–Kier alpha value is -0.680. The zero-order chi connectivity index (χ0) is 12.7. The first-order chi connectivity index (χ1) is 8.70. The molecule has 0 aliphatic heterocycles. The van der Waals surface area contributed by atoms with Crippen LogP contribution in [0.3, 0.4) is 0 Å². The van der Waals surface area contributed by atoms with Crippen LogP contribution in [0.4, 0.5) is 0 Å². The molecule has 1 heterocycles. The van der Waals surface area contributed by atoms with E-state index in [0.717, 1.165) is 27.9 Å². The molecule has 1 atom stereocenters. The summed E-state index contributed by atoms with van der Waals surface area (Å²) in [5.74, 6) is 1.19. The molecule has 0 saturated carbocycles. The number of benzene rings is 1. The Morgan fingerprint density at radius 2 is 2.11 bits per heavy atom. The van der Waals surface area contributed by atoms with Gasteiger partial charge in [-0.3, -0.25) is 0 Å². The minimum Gasteiger partial charge on any atom is -0.236 e. The highest BCUT2D eigenvalue weighted by atomic mass is 127. The summed E-state index contributed by atoms with van der Waals surface area (Å²) in [5.41, 5.74) is 3.80. The standard InChI is InChI=1S/C14H12ClIN2/c1-2-11-12(16)13(15)18-14(17-11)10-7-8-5-3-4-6-9(8)10/h3-6,10H,2,7H2,1H3. The number of hydrogen-bond acceptors (Lipinski definition) is 2. The second-order valence-corrected chi connectivity index (χ2v) is 5.88. The fraction of sp³-hybridized carbons (Fsp3) is 0.286. The molecule has 0 bridgehead atoms. The van der Waals surface area contributed by atoms with Crippen molar-refractivity contribution >= 4 is 34.2 Å². The van der Waals surface area contributed by atoms with Crippen molar-refractivity contribution in [3.63, 3.8) is 0 Å². The normalized spacial score (nSPS) is 17.2. The smallest absolute Gasteiger partial charge is 0.146 e. The van der Waals surface area contributed by atoms with Crippen molar-refractivity contribution in [2.75, 3.05) is 0 Å². The van der Waals surface area contributed by atoms with E-state index in [0.29, 0.717) is 11.1 Å². The molecule has 0 amide bonds. The monoisotopic (exact) mass is 370 g/mol. The minimum absolute atomic E-state index is 0.320. The van der Waals surface area contributed by atoms with Gasteiger partial charge in [-0.2, -0.15) is 0 Å². The lowest BCUT2D eigenvalue weighted by Gasteiger charge is -2.29. The lowest BCUT2D eigenvalue weighted by atomic mass is 9.77. The van der Waals surface area contributed by atoms with Crippen molar-refractivity contribution < 1.29 is 0 Å². The summed E-state index contributed by atoms with van der Waals surface area (Å²) in [6.45, 7) is 2.10. The van der Waals surface area contributed by atoms with E-state index in [1.54, 1.807) is 0 Å². The Balaban J connectivity index is 2.03. The molecule has 2 aromatic rings. The van der Waals surface area contributed by atoms with E-state index >= 15 is 0 Å². The molecule has 4 heteroatoms. The van der Waals surface area contributed by atoms with Crippen LogP contribution in [0.2, 0.25) is 5.15 Å². The molecule has 3 rings (SSSR count). The molecule has 18 heavy (non-hydrogen) atoms. The van der Waals surface area contributed by atoms with E-state index in [1.807, 2.05) is 0 Å². The topological polar surface area (TPSA) is 25.8 Å². The molecule has 0 fully saturated rings. The molecule has 0 spiro atoms. The van der Waals surface area contributed by atoms with Gasteiger partial charge in [0.25, 0.3) is 0 Å². The van der Waals surface area contributed by atoms with Crippen molar-refractivity contribution in [1.82, 2.24) is 9.97 Å². The van der Waals surface area contributed by atoms with Gasteiger partial charge in [-0.25, -0.2) is 9.97 Å². The highest BCUT2D eigenvalue weighted by Gasteiger charge is 2.30. The van der Waals surface area contributed by atoms with Crippen molar-refractivity contribution in [2.24, 2.45) is 0 Å². The third kappa shape index (κ3) is 1.93. The summed E-state index contributed by atoms with van der Waals surface area (Å²) in [5, 5.41) is 0.585. The summed E-state index contributed by atoms with van der Waals surface area (Å²) < 4.78 is 0.980. The second-order valence-electron chi connectivity index (χ2n) is 4.44. The summed E-state index contributed by atoms with van der Waals surface area (Å²) in [6, 6.07) is 8.47. The Morgan fingerprint density at radius 3 is 2.83 bits per heavy atom. The molecular formula is C14H12ClIN2. The average Bonchev–Trinajstić information content (AvgIpc) is 2.35. The number of fused-ring (bicyclic) bond motifs is 1. The number of hydrogen-bond donors (Lipinski definition) is 0. The van der Waals surface area contributed by atoms with Crippen LogP contribution in [0.1, 0.15) is 35.5 Å². The molecule has 1 aromatic carbocycles. The Morgan fingerprint density at radius 1 is 1.33 bits per heavy atom. The van der Waals surface area contributed by atoms with Gasteiger partial charge in [0.1, 0.15) is 11.0 Å². The van der Waals surface area contributed by atoms with Crippen LogP contribution >= 0.6 is 34.2 Å². The summed E-state index contributed by atoms with van der Waals surface area (Å²) in [7, 11) is 0. The molecule has 0 N–H and O–H groups in total. The van der Waals surface area contributed by atoms with Crippen LogP contribution in [-0.2, 0) is 12.8 Å². The SMILES string of the molecule is CCc1nc(C2Cc3ccccc32)nc(Cl)c1I. The Bertz CT molecular complexity index is 613. The van der Waals surface area contributed by atoms with Crippen molar-refractivity contribution in [2.45, 2.75) is 25.7 Å². The van der Waals surface area contributed by atoms with Crippen molar-refractivity contribution in [3.05, 3.63) is 55.6 Å². The first-order valence-electron chi connectivity index (χ1n) is 6.00. The van der Waals surface area contributed by atoms with Crippen LogP contribution in [0.5, 0.6) is 0 Å². The molecule has 1 aliphatic carbocycles. The van der Waals surface area contributed by atoms with Gasteiger partial charge in [0.2, 0.25) is 0 Å². The summed E-state index contributed by atoms with van der Waals surface area (Å²) >= 11 is 8.41. The van der Waals surface area contributed by atoms with E-state index in [1.165, 1.54) is 11.1 Å². The molecule has 2 nitrogen and oxygen atoms in total. The van der Waals surface area contributed by atoms with Gasteiger partial charge in [0, 0.05) is 5.92 Å². The Labute approximate surface area is 125 Å². The van der Waals surface area contributed by atoms with Crippen molar-refractivity contribution in [3.8, 4) is 0 Å². The quantitative estimate of drug-likeness (QED) is 0.590. The number of nitrogens with zero attached hydrogens (tertiary/aromatic N) is 2. The molecule has 0 radical (unpaired) electrons. The predicted octanol–water partition coefficient (Wildman–Crippen LogP) is 3.99. The number of rotatable bonds is 2. The van der Waals surface area contributed by atoms with Gasteiger partial charge in [-0.15, -0.1) is 0 Å². The third-order valence-electron chi connectivity index (χ3n) is 3.40. The largest absolute Gasteiger partial charge is 0.236 e. The van der Waals surface area contributed by atoms with E-state index in [2.05, 4.69) is 63.7 Å². The first kappa shape index (κ1) is 12.4. The maximum atomic E-state index is 6.19. The Kier molecular flexibility index (Phi) is 3.28. The van der Waals surface area contributed by atoms with Crippen LogP contribution in [0.25, 0.3) is 0 Å². The highest BCUT2D eigenvalue weighted by molar-refractivity contribution is 14.1. The van der Waals surface area contributed by atoms with Crippen molar-refractivity contribution in [1.29, 1.82) is 0 Å². The molecular weight excluding hydrogens is 359 g/mol. The summed E-state index contributed by atoms with van der Waals surface area (Å²) in [6.07, 6.45) is 1.91. The molecule has 1 unspecified atom stereocenters. The second kappa shape index (κ2) is 4.78. The van der Waals surface area contributed by atoms with Gasteiger partial charge >= 0.3 is 0 Å². The van der Waals surface area contributed by atoms with Gasteiger partial charge < -0.3 is 0 Å². The predicted molar refractivity (Wildman–Crippen MR) is 81.1 cm³/mol. The minimum atomic E-state index is 0.320. The molecule has 1 aliphatic rings. The first-order valence-corrected chi connectivity index (χ1v) is 7.46. The lowest BCUT2D eigenvalue weighted by molar-refractivity contribution is 0.652. The zero-order valence-corrected chi connectivity index (χ0v) is 12.9. The zero-order valence-electron chi connectivity index (χ0n) is 9.95. The van der Waals surface area contributed by atoms with E-state index < -0.39 is 0 Å². The van der Waals surface area contributed by atoms with Gasteiger partial charge in [0.05, 0.1) is 9.26 Å². The number of halogens is 2. The molecule has 1 aromatic heterocycles.